The van der Waals surface area contributed by atoms with E-state index in [0.717, 1.165) is 23.4 Å². The largest absolute Gasteiger partial charge is 0.508 e. The molecule has 4 heteroatoms. The fourth-order valence-corrected chi connectivity index (χ4v) is 1.68. The number of hydrogen-bond donors (Lipinski definition) is 2. The molecule has 0 radical (unpaired) electrons. The molecule has 0 spiro atoms. The molecular weight excluding hydrogens is 214 g/mol. The van der Waals surface area contributed by atoms with Crippen molar-refractivity contribution in [3.8, 4) is 17.1 Å². The van der Waals surface area contributed by atoms with Crippen LogP contribution >= 0.6 is 0 Å². The first-order valence-electron chi connectivity index (χ1n) is 5.53. The van der Waals surface area contributed by atoms with E-state index < -0.39 is 0 Å². The van der Waals surface area contributed by atoms with Gasteiger partial charge in [0.1, 0.15) is 5.75 Å². The van der Waals surface area contributed by atoms with Crippen LogP contribution in [0.3, 0.4) is 0 Å². The standard InChI is InChI=1S/C13H15N3O/c1-9-7-11(5-6-14)16-13(15-9)10-3-2-4-12(17)8-10/h2-4,7-8,17H,5-6,14H2,1H3. The third-order valence-electron chi connectivity index (χ3n) is 2.41. The zero-order chi connectivity index (χ0) is 12.3. The number of aromatic hydroxyl groups is 1. The topological polar surface area (TPSA) is 72.0 Å². The molecule has 0 atom stereocenters. The Hall–Kier alpha value is -1.94. The van der Waals surface area contributed by atoms with Crippen LogP contribution in [0.15, 0.2) is 30.3 Å². The highest BCUT2D eigenvalue weighted by molar-refractivity contribution is 5.57. The number of aryl methyl sites for hydroxylation is 1. The van der Waals surface area contributed by atoms with Crippen LogP contribution in [-0.2, 0) is 6.42 Å². The number of rotatable bonds is 3. The van der Waals surface area contributed by atoms with Gasteiger partial charge in [0, 0.05) is 23.4 Å². The van der Waals surface area contributed by atoms with E-state index in [1.807, 2.05) is 19.1 Å². The van der Waals surface area contributed by atoms with Crippen molar-refractivity contribution in [2.45, 2.75) is 13.3 Å². The van der Waals surface area contributed by atoms with Crippen LogP contribution in [0.1, 0.15) is 11.4 Å². The molecule has 1 aromatic heterocycles. The van der Waals surface area contributed by atoms with E-state index in [-0.39, 0.29) is 5.75 Å². The van der Waals surface area contributed by atoms with E-state index in [1.165, 1.54) is 0 Å². The Morgan fingerprint density at radius 1 is 1.24 bits per heavy atom. The van der Waals surface area contributed by atoms with E-state index in [1.54, 1.807) is 18.2 Å². The van der Waals surface area contributed by atoms with Crippen molar-refractivity contribution in [3.63, 3.8) is 0 Å². The van der Waals surface area contributed by atoms with Crippen molar-refractivity contribution < 1.29 is 5.11 Å². The lowest BCUT2D eigenvalue weighted by Crippen LogP contribution is -2.06. The Labute approximate surface area is 100 Å². The van der Waals surface area contributed by atoms with Crippen LogP contribution < -0.4 is 5.73 Å². The van der Waals surface area contributed by atoms with Gasteiger partial charge in [-0.05, 0) is 31.7 Å². The van der Waals surface area contributed by atoms with Crippen molar-refractivity contribution in [2.75, 3.05) is 6.54 Å². The molecule has 0 bridgehead atoms. The molecule has 88 valence electrons. The summed E-state index contributed by atoms with van der Waals surface area (Å²) in [6.45, 7) is 2.49. The Bertz CT molecular complexity index is 526. The average Bonchev–Trinajstić information content (AvgIpc) is 2.28. The lowest BCUT2D eigenvalue weighted by Gasteiger charge is -2.05. The van der Waals surface area contributed by atoms with E-state index in [0.29, 0.717) is 12.4 Å². The fraction of sp³-hybridized carbons (Fsp3) is 0.231. The number of nitrogens with two attached hydrogens (primary N) is 1. The number of phenols is 1. The van der Waals surface area contributed by atoms with Crippen LogP contribution in [0.2, 0.25) is 0 Å². The minimum absolute atomic E-state index is 0.216. The number of phenolic OH excluding ortho intramolecular Hbond substituents is 1. The molecule has 3 N–H and O–H groups in total. The maximum atomic E-state index is 9.44. The Morgan fingerprint density at radius 3 is 2.76 bits per heavy atom. The third kappa shape index (κ3) is 2.79. The predicted molar refractivity (Wildman–Crippen MR) is 66.6 cm³/mol. The zero-order valence-corrected chi connectivity index (χ0v) is 9.72. The highest BCUT2D eigenvalue weighted by Gasteiger charge is 2.05. The van der Waals surface area contributed by atoms with Crippen LogP contribution in [0.5, 0.6) is 5.75 Å². The molecule has 2 aromatic rings. The van der Waals surface area contributed by atoms with Gasteiger partial charge in [0.15, 0.2) is 5.82 Å². The van der Waals surface area contributed by atoms with Gasteiger partial charge in [0.05, 0.1) is 0 Å². The second-order valence-corrected chi connectivity index (χ2v) is 3.91. The second kappa shape index (κ2) is 4.93. The highest BCUT2D eigenvalue weighted by Crippen LogP contribution is 2.20. The molecule has 0 fully saturated rings. The molecule has 1 aromatic carbocycles. The van der Waals surface area contributed by atoms with Crippen molar-refractivity contribution in [1.29, 1.82) is 0 Å². The van der Waals surface area contributed by atoms with Gasteiger partial charge in [-0.3, -0.25) is 0 Å². The van der Waals surface area contributed by atoms with Gasteiger partial charge < -0.3 is 10.8 Å². The molecule has 1 heterocycles. The monoisotopic (exact) mass is 229 g/mol. The van der Waals surface area contributed by atoms with E-state index in [9.17, 15) is 5.11 Å². The van der Waals surface area contributed by atoms with Gasteiger partial charge in [-0.15, -0.1) is 0 Å². The maximum Gasteiger partial charge on any atom is 0.159 e. The molecule has 0 unspecified atom stereocenters. The van der Waals surface area contributed by atoms with Gasteiger partial charge in [-0.2, -0.15) is 0 Å². The molecule has 0 aliphatic carbocycles. The summed E-state index contributed by atoms with van der Waals surface area (Å²) in [4.78, 5) is 8.80. The first-order valence-corrected chi connectivity index (χ1v) is 5.53. The maximum absolute atomic E-state index is 9.44. The van der Waals surface area contributed by atoms with Gasteiger partial charge in [-0.1, -0.05) is 12.1 Å². The highest BCUT2D eigenvalue weighted by atomic mass is 16.3. The Kier molecular flexibility index (Phi) is 3.35. The summed E-state index contributed by atoms with van der Waals surface area (Å²) in [5, 5.41) is 9.44. The molecule has 0 amide bonds. The van der Waals surface area contributed by atoms with Gasteiger partial charge in [0.25, 0.3) is 0 Å². The van der Waals surface area contributed by atoms with E-state index in [4.69, 9.17) is 5.73 Å². The van der Waals surface area contributed by atoms with Crippen LogP contribution in [0, 0.1) is 6.92 Å². The van der Waals surface area contributed by atoms with E-state index >= 15 is 0 Å². The van der Waals surface area contributed by atoms with Crippen molar-refractivity contribution in [1.82, 2.24) is 9.97 Å². The van der Waals surface area contributed by atoms with Crippen molar-refractivity contribution >= 4 is 0 Å². The zero-order valence-electron chi connectivity index (χ0n) is 9.72. The minimum Gasteiger partial charge on any atom is -0.508 e. The van der Waals surface area contributed by atoms with Gasteiger partial charge in [-0.25, -0.2) is 9.97 Å². The SMILES string of the molecule is Cc1cc(CCN)nc(-c2cccc(O)c2)n1. The summed E-state index contributed by atoms with van der Waals surface area (Å²) in [5.74, 6) is 0.845. The normalized spacial score (nSPS) is 10.5. The minimum atomic E-state index is 0.216. The van der Waals surface area contributed by atoms with Crippen molar-refractivity contribution in [3.05, 3.63) is 41.7 Å². The lowest BCUT2D eigenvalue weighted by molar-refractivity contribution is 0.475. The molecule has 17 heavy (non-hydrogen) atoms. The molecular formula is C13H15N3O. The second-order valence-electron chi connectivity index (χ2n) is 3.91. The molecule has 2 rings (SSSR count). The van der Waals surface area contributed by atoms with E-state index in [2.05, 4.69) is 9.97 Å². The predicted octanol–water partition coefficient (Wildman–Crippen LogP) is 1.66. The van der Waals surface area contributed by atoms with Crippen molar-refractivity contribution in [2.24, 2.45) is 5.73 Å². The van der Waals surface area contributed by atoms with Crippen LogP contribution in [-0.4, -0.2) is 21.6 Å². The summed E-state index contributed by atoms with van der Waals surface area (Å²) in [6.07, 6.45) is 0.731. The first kappa shape index (κ1) is 11.5. The lowest BCUT2D eigenvalue weighted by atomic mass is 10.2. The summed E-state index contributed by atoms with van der Waals surface area (Å²) >= 11 is 0. The summed E-state index contributed by atoms with van der Waals surface area (Å²) in [7, 11) is 0. The Balaban J connectivity index is 2.44. The molecule has 0 saturated heterocycles. The van der Waals surface area contributed by atoms with Gasteiger partial charge in [0.2, 0.25) is 0 Å². The van der Waals surface area contributed by atoms with Crippen LogP contribution in [0.25, 0.3) is 11.4 Å². The quantitative estimate of drug-likeness (QED) is 0.839. The number of benzene rings is 1. The number of hydrogen-bond acceptors (Lipinski definition) is 4. The molecule has 0 aliphatic rings. The number of aromatic nitrogens is 2. The molecule has 0 saturated carbocycles. The third-order valence-corrected chi connectivity index (χ3v) is 2.41. The average molecular weight is 229 g/mol. The summed E-state index contributed by atoms with van der Waals surface area (Å²) < 4.78 is 0. The van der Waals surface area contributed by atoms with Crippen LogP contribution in [0.4, 0.5) is 0 Å². The molecule has 4 nitrogen and oxygen atoms in total. The Morgan fingerprint density at radius 2 is 2.06 bits per heavy atom. The number of nitrogens with zero attached hydrogens (tertiary/aromatic N) is 2. The molecule has 0 aliphatic heterocycles. The summed E-state index contributed by atoms with van der Waals surface area (Å²) in [6, 6.07) is 8.86. The fourth-order valence-electron chi connectivity index (χ4n) is 1.68. The van der Waals surface area contributed by atoms with Gasteiger partial charge >= 0.3 is 0 Å². The smallest absolute Gasteiger partial charge is 0.159 e. The summed E-state index contributed by atoms with van der Waals surface area (Å²) in [5.41, 5.74) is 8.17. The first-order chi connectivity index (χ1) is 8.19.